The van der Waals surface area contributed by atoms with Crippen LogP contribution in [0.15, 0.2) is 77.7 Å². The number of thioether (sulfide) groups is 1. The Morgan fingerprint density at radius 1 is 1.00 bits per heavy atom. The van der Waals surface area contributed by atoms with Crippen LogP contribution in [-0.4, -0.2) is 20.1 Å². The van der Waals surface area contributed by atoms with Crippen molar-refractivity contribution in [1.29, 1.82) is 0 Å². The summed E-state index contributed by atoms with van der Waals surface area (Å²) >= 11 is 7.40. The van der Waals surface area contributed by atoms with Gasteiger partial charge in [-0.05, 0) is 66.1 Å². The number of halogens is 1. The van der Waals surface area contributed by atoms with Crippen molar-refractivity contribution in [2.45, 2.75) is 23.6 Å². The molecule has 1 aliphatic rings. The first-order valence-corrected chi connectivity index (χ1v) is 12.7. The topological polar surface area (TPSA) is 66.5 Å². The van der Waals surface area contributed by atoms with Crippen molar-refractivity contribution in [1.82, 2.24) is 0 Å². The van der Waals surface area contributed by atoms with Gasteiger partial charge in [0.15, 0.2) is 0 Å². The molecule has 5 nitrogen and oxygen atoms in total. The number of benzene rings is 3. The fraction of sp³-hybridized carbons (Fsp3) is 0.174. The predicted octanol–water partition coefficient (Wildman–Crippen LogP) is 5.48. The molecule has 1 N–H and O–H groups in total. The molecule has 1 fully saturated rings. The van der Waals surface area contributed by atoms with Gasteiger partial charge < -0.3 is 0 Å². The predicted molar refractivity (Wildman–Crippen MR) is 127 cm³/mol. The van der Waals surface area contributed by atoms with Gasteiger partial charge in [0.25, 0.3) is 10.0 Å². The number of anilines is 2. The number of amides is 1. The molecule has 0 bridgehead atoms. The van der Waals surface area contributed by atoms with E-state index >= 15 is 0 Å². The maximum absolute atomic E-state index is 12.6. The maximum Gasteiger partial charge on any atom is 0.261 e. The highest BCUT2D eigenvalue weighted by molar-refractivity contribution is 8.00. The second-order valence-corrected chi connectivity index (χ2v) is 10.3. The number of aryl methyl sites for hydroxylation is 1. The Hall–Kier alpha value is -2.48. The number of hydrogen-bond donors (Lipinski definition) is 1. The van der Waals surface area contributed by atoms with Crippen LogP contribution < -0.4 is 9.62 Å². The fourth-order valence-corrected chi connectivity index (χ4v) is 5.75. The van der Waals surface area contributed by atoms with E-state index in [4.69, 9.17) is 11.6 Å². The summed E-state index contributed by atoms with van der Waals surface area (Å²) in [5, 5.41) is 0.322. The first-order chi connectivity index (χ1) is 14.9. The molecular formula is C23H21ClN2O3S2. The number of rotatable bonds is 6. The average Bonchev–Trinajstić information content (AvgIpc) is 3.16. The number of nitrogens with zero attached hydrogens (tertiary/aromatic N) is 1. The molecular weight excluding hydrogens is 452 g/mol. The van der Waals surface area contributed by atoms with Crippen molar-refractivity contribution in [3.8, 4) is 0 Å². The van der Waals surface area contributed by atoms with Crippen LogP contribution in [0.25, 0.3) is 0 Å². The normalized spacial score (nSPS) is 16.5. The van der Waals surface area contributed by atoms with Crippen molar-refractivity contribution < 1.29 is 13.2 Å². The van der Waals surface area contributed by atoms with E-state index in [9.17, 15) is 13.2 Å². The highest BCUT2D eigenvalue weighted by atomic mass is 35.5. The van der Waals surface area contributed by atoms with Gasteiger partial charge in [0.2, 0.25) is 5.91 Å². The summed E-state index contributed by atoms with van der Waals surface area (Å²) in [7, 11) is -3.71. The zero-order valence-electron chi connectivity index (χ0n) is 16.8. The van der Waals surface area contributed by atoms with E-state index in [1.165, 1.54) is 29.8 Å². The fourth-order valence-electron chi connectivity index (χ4n) is 3.39. The molecule has 1 heterocycles. The van der Waals surface area contributed by atoms with Crippen LogP contribution in [0.5, 0.6) is 0 Å². The zero-order chi connectivity index (χ0) is 22.0. The quantitative estimate of drug-likeness (QED) is 0.515. The molecule has 1 saturated heterocycles. The Morgan fingerprint density at radius 3 is 2.26 bits per heavy atom. The lowest BCUT2D eigenvalue weighted by molar-refractivity contribution is -0.115. The van der Waals surface area contributed by atoms with Gasteiger partial charge in [0.05, 0.1) is 10.6 Å². The van der Waals surface area contributed by atoms with Crippen LogP contribution in [0, 0.1) is 0 Å². The van der Waals surface area contributed by atoms with Gasteiger partial charge in [-0.15, -0.1) is 11.8 Å². The van der Waals surface area contributed by atoms with Gasteiger partial charge in [-0.25, -0.2) is 8.42 Å². The molecule has 1 atom stereocenters. The SMILES string of the molecule is CCc1ccc(N2C(=O)CSC2c2ccc(NS(=O)(=O)c3ccc(Cl)cc3)cc2)cc1. The van der Waals surface area contributed by atoms with Crippen molar-refractivity contribution in [3.05, 3.63) is 88.9 Å². The molecule has 1 unspecified atom stereocenters. The van der Waals surface area contributed by atoms with Gasteiger partial charge in [-0.2, -0.15) is 0 Å². The first kappa shape index (κ1) is 21.7. The highest BCUT2D eigenvalue weighted by Gasteiger charge is 2.34. The minimum Gasteiger partial charge on any atom is -0.295 e. The lowest BCUT2D eigenvalue weighted by Crippen LogP contribution is -2.27. The molecule has 4 rings (SSSR count). The van der Waals surface area contributed by atoms with E-state index < -0.39 is 10.0 Å². The molecule has 3 aromatic carbocycles. The smallest absolute Gasteiger partial charge is 0.261 e. The van der Waals surface area contributed by atoms with Crippen LogP contribution >= 0.6 is 23.4 Å². The van der Waals surface area contributed by atoms with E-state index in [0.717, 1.165) is 17.7 Å². The highest BCUT2D eigenvalue weighted by Crippen LogP contribution is 2.42. The Bertz CT molecular complexity index is 1180. The molecule has 3 aromatic rings. The van der Waals surface area contributed by atoms with Crippen LogP contribution in [0.1, 0.15) is 23.4 Å². The standard InChI is InChI=1S/C23H21ClN2O3S2/c1-2-16-3-11-20(12-4-16)26-22(27)15-30-23(26)17-5-9-19(10-6-17)25-31(28,29)21-13-7-18(24)8-14-21/h3-14,23,25H,2,15H2,1H3. The van der Waals surface area contributed by atoms with Gasteiger partial charge in [0.1, 0.15) is 5.37 Å². The number of carbonyl (C=O) groups excluding carboxylic acids is 1. The second-order valence-electron chi connectivity index (χ2n) is 7.13. The van der Waals surface area contributed by atoms with Crippen LogP contribution in [0.3, 0.4) is 0 Å². The van der Waals surface area contributed by atoms with E-state index in [0.29, 0.717) is 16.5 Å². The zero-order valence-corrected chi connectivity index (χ0v) is 19.2. The summed E-state index contributed by atoms with van der Waals surface area (Å²) in [6.07, 6.45) is 0.944. The van der Waals surface area contributed by atoms with Gasteiger partial charge in [-0.3, -0.25) is 14.4 Å². The monoisotopic (exact) mass is 472 g/mol. The van der Waals surface area contributed by atoms with Gasteiger partial charge >= 0.3 is 0 Å². The van der Waals surface area contributed by atoms with Crippen molar-refractivity contribution in [2.75, 3.05) is 15.4 Å². The van der Waals surface area contributed by atoms with E-state index in [-0.39, 0.29) is 16.2 Å². The molecule has 1 amide bonds. The van der Waals surface area contributed by atoms with Gasteiger partial charge in [0, 0.05) is 16.4 Å². The van der Waals surface area contributed by atoms with E-state index in [1.54, 1.807) is 28.8 Å². The number of carbonyl (C=O) groups is 1. The minimum atomic E-state index is -3.71. The minimum absolute atomic E-state index is 0.0618. The summed E-state index contributed by atoms with van der Waals surface area (Å²) in [5.74, 6) is 0.470. The first-order valence-electron chi connectivity index (χ1n) is 9.78. The summed E-state index contributed by atoms with van der Waals surface area (Å²) < 4.78 is 27.7. The second kappa shape index (κ2) is 8.94. The Morgan fingerprint density at radius 2 is 1.65 bits per heavy atom. The van der Waals surface area contributed by atoms with E-state index in [1.807, 2.05) is 36.4 Å². The molecule has 31 heavy (non-hydrogen) atoms. The van der Waals surface area contributed by atoms with Crippen molar-refractivity contribution in [3.63, 3.8) is 0 Å². The third-order valence-corrected chi connectivity index (χ3v) is 7.92. The summed E-state index contributed by atoms with van der Waals surface area (Å²) in [5.41, 5.74) is 3.47. The van der Waals surface area contributed by atoms with Crippen molar-refractivity contribution >= 4 is 50.7 Å². The summed E-state index contributed by atoms with van der Waals surface area (Å²) in [6.45, 7) is 2.09. The van der Waals surface area contributed by atoms with Crippen molar-refractivity contribution in [2.24, 2.45) is 0 Å². The summed E-state index contributed by atoms with van der Waals surface area (Å²) in [6, 6.07) is 21.2. The molecule has 8 heteroatoms. The Labute approximate surface area is 191 Å². The molecule has 0 saturated carbocycles. The molecule has 160 valence electrons. The molecule has 0 aliphatic carbocycles. The molecule has 0 spiro atoms. The summed E-state index contributed by atoms with van der Waals surface area (Å²) in [4.78, 5) is 14.5. The van der Waals surface area contributed by atoms with Crippen LogP contribution in [0.4, 0.5) is 11.4 Å². The Kier molecular flexibility index (Phi) is 6.27. The van der Waals surface area contributed by atoms with Crippen LogP contribution in [0.2, 0.25) is 5.02 Å². The third kappa shape index (κ3) is 4.74. The number of sulfonamides is 1. The number of nitrogens with one attached hydrogen (secondary N) is 1. The van der Waals surface area contributed by atoms with E-state index in [2.05, 4.69) is 11.6 Å². The lowest BCUT2D eigenvalue weighted by atomic mass is 10.1. The third-order valence-electron chi connectivity index (χ3n) is 5.06. The maximum atomic E-state index is 12.6. The van der Waals surface area contributed by atoms with Crippen LogP contribution in [-0.2, 0) is 21.2 Å². The molecule has 0 aromatic heterocycles. The average molecular weight is 473 g/mol. The Balaban J connectivity index is 1.54. The largest absolute Gasteiger partial charge is 0.295 e. The lowest BCUT2D eigenvalue weighted by Gasteiger charge is -2.24. The molecule has 1 aliphatic heterocycles. The molecule has 0 radical (unpaired) electrons. The van der Waals surface area contributed by atoms with Gasteiger partial charge in [-0.1, -0.05) is 42.8 Å². The number of hydrogen-bond acceptors (Lipinski definition) is 4.